The molecule has 0 radical (unpaired) electrons. The van der Waals surface area contributed by atoms with E-state index in [1.807, 2.05) is 12.1 Å². The number of fused-ring (bicyclic) bond motifs is 2. The van der Waals surface area contributed by atoms with E-state index in [2.05, 4.69) is 41.5 Å². The Morgan fingerprint density at radius 3 is 1.42 bits per heavy atom. The Labute approximate surface area is 143 Å². The van der Waals surface area contributed by atoms with Crippen LogP contribution in [0.3, 0.4) is 0 Å². The van der Waals surface area contributed by atoms with Crippen LogP contribution in [0.5, 0.6) is 23.0 Å². The van der Waals surface area contributed by atoms with E-state index >= 15 is 0 Å². The van der Waals surface area contributed by atoms with Crippen LogP contribution in [0.15, 0.2) is 24.3 Å². The fraction of sp³-hybridized carbons (Fsp3) is 0.429. The molecule has 0 aliphatic carbocycles. The summed E-state index contributed by atoms with van der Waals surface area (Å²) in [4.78, 5) is 0. The number of rotatable bonds is 0. The predicted octanol–water partition coefficient (Wildman–Crippen LogP) is 5.39. The number of benzene rings is 2. The van der Waals surface area contributed by atoms with Gasteiger partial charge in [-0.05, 0) is 35.1 Å². The molecule has 0 aromatic heterocycles. The van der Waals surface area contributed by atoms with E-state index in [0.29, 0.717) is 17.9 Å². The predicted molar refractivity (Wildman–Crippen MR) is 96.5 cm³/mol. The highest BCUT2D eigenvalue weighted by molar-refractivity contribution is 5.58. The van der Waals surface area contributed by atoms with E-state index < -0.39 is 0 Å². The standard InChI is InChI=1S/C21H26O3/c1-20(2,3)14-10-18-12(8-16(14)22)7-13-9-17(23)15(21(4,5)6)11-19(13)24-18/h8-11,22-23H,7H2,1-6H3. The molecule has 3 rings (SSSR count). The van der Waals surface area contributed by atoms with Gasteiger partial charge in [-0.3, -0.25) is 0 Å². The molecule has 0 saturated heterocycles. The van der Waals surface area contributed by atoms with Gasteiger partial charge in [0.2, 0.25) is 0 Å². The van der Waals surface area contributed by atoms with E-state index in [1.165, 1.54) is 0 Å². The first-order valence-corrected chi connectivity index (χ1v) is 8.37. The van der Waals surface area contributed by atoms with Gasteiger partial charge in [0, 0.05) is 28.7 Å². The topological polar surface area (TPSA) is 49.7 Å². The van der Waals surface area contributed by atoms with Crippen LogP contribution < -0.4 is 4.74 Å². The van der Waals surface area contributed by atoms with Crippen molar-refractivity contribution >= 4 is 0 Å². The van der Waals surface area contributed by atoms with Crippen molar-refractivity contribution in [1.82, 2.24) is 0 Å². The zero-order valence-electron chi connectivity index (χ0n) is 15.3. The van der Waals surface area contributed by atoms with Gasteiger partial charge in [-0.1, -0.05) is 41.5 Å². The molecule has 0 spiro atoms. The molecule has 0 amide bonds. The molecule has 0 saturated carbocycles. The maximum atomic E-state index is 10.4. The number of phenols is 2. The third-order valence-corrected chi connectivity index (χ3v) is 4.57. The molecule has 2 N–H and O–H groups in total. The van der Waals surface area contributed by atoms with E-state index in [9.17, 15) is 10.2 Å². The molecule has 0 bridgehead atoms. The molecular weight excluding hydrogens is 300 g/mol. The minimum absolute atomic E-state index is 0.158. The molecule has 0 unspecified atom stereocenters. The molecule has 1 aliphatic rings. The summed E-state index contributed by atoms with van der Waals surface area (Å²) >= 11 is 0. The van der Waals surface area contributed by atoms with Gasteiger partial charge in [-0.2, -0.15) is 0 Å². The summed E-state index contributed by atoms with van der Waals surface area (Å²) in [5, 5.41) is 20.7. The fourth-order valence-corrected chi connectivity index (χ4v) is 3.21. The summed E-state index contributed by atoms with van der Waals surface area (Å²) in [6.07, 6.45) is 0.640. The van der Waals surface area contributed by atoms with Gasteiger partial charge in [0.15, 0.2) is 0 Å². The average Bonchev–Trinajstić information content (AvgIpc) is 2.41. The fourth-order valence-electron chi connectivity index (χ4n) is 3.21. The Balaban J connectivity index is 2.09. The summed E-state index contributed by atoms with van der Waals surface area (Å²) in [5.41, 5.74) is 3.31. The van der Waals surface area contributed by atoms with E-state index in [1.54, 1.807) is 12.1 Å². The lowest BCUT2D eigenvalue weighted by Gasteiger charge is -2.28. The van der Waals surface area contributed by atoms with Gasteiger partial charge >= 0.3 is 0 Å². The maximum Gasteiger partial charge on any atom is 0.131 e. The first-order chi connectivity index (χ1) is 11.0. The molecule has 2 aromatic carbocycles. The Bertz CT molecular complexity index is 738. The van der Waals surface area contributed by atoms with Crippen molar-refractivity contribution in [3.63, 3.8) is 0 Å². The van der Waals surface area contributed by atoms with Crippen molar-refractivity contribution in [2.24, 2.45) is 0 Å². The second-order valence-corrected chi connectivity index (χ2v) is 8.73. The lowest BCUT2D eigenvalue weighted by atomic mass is 9.83. The van der Waals surface area contributed by atoms with Crippen molar-refractivity contribution in [2.75, 3.05) is 0 Å². The molecule has 0 fully saturated rings. The van der Waals surface area contributed by atoms with Crippen LogP contribution in [-0.2, 0) is 17.3 Å². The Morgan fingerprint density at radius 1 is 0.708 bits per heavy atom. The normalized spacial score (nSPS) is 13.9. The lowest BCUT2D eigenvalue weighted by molar-refractivity contribution is 0.420. The summed E-state index contributed by atoms with van der Waals surface area (Å²) < 4.78 is 6.14. The maximum absolute atomic E-state index is 10.4. The highest BCUT2D eigenvalue weighted by atomic mass is 16.5. The number of aromatic hydroxyl groups is 2. The van der Waals surface area contributed by atoms with Crippen LogP contribution in [0.25, 0.3) is 0 Å². The van der Waals surface area contributed by atoms with Gasteiger partial charge in [0.25, 0.3) is 0 Å². The lowest BCUT2D eigenvalue weighted by Crippen LogP contribution is -2.15. The first kappa shape index (κ1) is 16.7. The largest absolute Gasteiger partial charge is 0.508 e. The SMILES string of the molecule is CC(C)(C)c1cc2c(cc1O)Cc1cc(O)c(C(C)(C)C)cc1O2. The van der Waals surface area contributed by atoms with Crippen LogP contribution >= 0.6 is 0 Å². The average molecular weight is 326 g/mol. The highest BCUT2D eigenvalue weighted by Gasteiger charge is 2.27. The third-order valence-electron chi connectivity index (χ3n) is 4.57. The van der Waals surface area contributed by atoms with E-state index in [4.69, 9.17) is 4.74 Å². The van der Waals surface area contributed by atoms with Crippen molar-refractivity contribution < 1.29 is 14.9 Å². The quantitative estimate of drug-likeness (QED) is 0.582. The molecule has 1 aliphatic heterocycles. The minimum atomic E-state index is -0.158. The highest BCUT2D eigenvalue weighted by Crippen LogP contribution is 2.45. The van der Waals surface area contributed by atoms with Gasteiger partial charge in [-0.15, -0.1) is 0 Å². The van der Waals surface area contributed by atoms with E-state index in [-0.39, 0.29) is 10.8 Å². The van der Waals surface area contributed by atoms with Gasteiger partial charge < -0.3 is 14.9 Å². The smallest absolute Gasteiger partial charge is 0.131 e. The van der Waals surface area contributed by atoms with Crippen molar-refractivity contribution in [1.29, 1.82) is 0 Å². The summed E-state index contributed by atoms with van der Waals surface area (Å²) in [6, 6.07) is 7.45. The van der Waals surface area contributed by atoms with Crippen LogP contribution in [0.2, 0.25) is 0 Å². The van der Waals surface area contributed by atoms with Crippen molar-refractivity contribution in [3.05, 3.63) is 46.5 Å². The van der Waals surface area contributed by atoms with Gasteiger partial charge in [-0.25, -0.2) is 0 Å². The Kier molecular flexibility index (Phi) is 3.59. The summed E-state index contributed by atoms with van der Waals surface area (Å²) in [5.74, 6) is 2.17. The molecule has 24 heavy (non-hydrogen) atoms. The van der Waals surface area contributed by atoms with Crippen molar-refractivity contribution in [3.8, 4) is 23.0 Å². The van der Waals surface area contributed by atoms with Crippen molar-refractivity contribution in [2.45, 2.75) is 58.8 Å². The second kappa shape index (κ2) is 5.17. The van der Waals surface area contributed by atoms with Gasteiger partial charge in [0.05, 0.1) is 0 Å². The van der Waals surface area contributed by atoms with Gasteiger partial charge in [0.1, 0.15) is 23.0 Å². The first-order valence-electron chi connectivity index (χ1n) is 8.37. The van der Waals surface area contributed by atoms with Crippen LogP contribution in [0.4, 0.5) is 0 Å². The van der Waals surface area contributed by atoms with Crippen LogP contribution in [0, 0.1) is 0 Å². The molecule has 0 atom stereocenters. The summed E-state index contributed by atoms with van der Waals surface area (Å²) in [7, 11) is 0. The zero-order chi connectivity index (χ0) is 17.9. The second-order valence-electron chi connectivity index (χ2n) is 8.73. The minimum Gasteiger partial charge on any atom is -0.508 e. The molecule has 1 heterocycles. The molecular formula is C21H26O3. The number of hydrogen-bond donors (Lipinski definition) is 2. The molecule has 3 nitrogen and oxygen atoms in total. The monoisotopic (exact) mass is 326 g/mol. The van der Waals surface area contributed by atoms with E-state index in [0.717, 1.165) is 33.8 Å². The third kappa shape index (κ3) is 2.83. The van der Waals surface area contributed by atoms with Crippen LogP contribution in [0.1, 0.15) is 63.8 Å². The molecule has 3 heteroatoms. The summed E-state index contributed by atoms with van der Waals surface area (Å²) in [6.45, 7) is 12.4. The Morgan fingerprint density at radius 2 is 1.08 bits per heavy atom. The molecule has 128 valence electrons. The number of phenolic OH excluding ortho intramolecular Hbond substituents is 2. The molecule has 2 aromatic rings. The zero-order valence-corrected chi connectivity index (χ0v) is 15.3. The number of ether oxygens (including phenoxy) is 1. The van der Waals surface area contributed by atoms with Crippen LogP contribution in [-0.4, -0.2) is 10.2 Å². The number of hydrogen-bond acceptors (Lipinski definition) is 3. The Hall–Kier alpha value is -2.16.